The lowest BCUT2D eigenvalue weighted by atomic mass is 9.77. The van der Waals surface area contributed by atoms with Gasteiger partial charge in [0.1, 0.15) is 0 Å². The van der Waals surface area contributed by atoms with Gasteiger partial charge < -0.3 is 9.67 Å². The number of hydrogen-bond acceptors (Lipinski definition) is 3. The molecule has 2 aliphatic rings. The average molecular weight is 288 g/mol. The fraction of sp³-hybridized carbons (Fsp3) is 0.467. The molecule has 104 valence electrons. The Bertz CT molecular complexity index is 620. The number of imidazole rings is 1. The van der Waals surface area contributed by atoms with Crippen LogP contribution in [0.1, 0.15) is 36.6 Å². The summed E-state index contributed by atoms with van der Waals surface area (Å²) >= 11 is 1.79. The van der Waals surface area contributed by atoms with E-state index in [0.29, 0.717) is 12.0 Å². The summed E-state index contributed by atoms with van der Waals surface area (Å²) in [7, 11) is 0. The van der Waals surface area contributed by atoms with Crippen molar-refractivity contribution in [1.29, 1.82) is 0 Å². The SMILES string of the molecule is O=C(O)C1CCCC(C2c3sccc3-c3cncn32)C1. The molecule has 3 unspecified atom stereocenters. The summed E-state index contributed by atoms with van der Waals surface area (Å²) in [6.07, 6.45) is 7.56. The number of aromatic nitrogens is 2. The Morgan fingerprint density at radius 1 is 1.45 bits per heavy atom. The Balaban J connectivity index is 1.71. The van der Waals surface area contributed by atoms with Crippen LogP contribution in [-0.2, 0) is 4.79 Å². The number of hydrogen-bond donors (Lipinski definition) is 1. The van der Waals surface area contributed by atoms with Crippen LogP contribution in [0, 0.1) is 11.8 Å². The van der Waals surface area contributed by atoms with Gasteiger partial charge in [-0.15, -0.1) is 11.3 Å². The van der Waals surface area contributed by atoms with Crippen LogP contribution in [0.4, 0.5) is 0 Å². The number of carbonyl (C=O) groups is 1. The second-order valence-corrected chi connectivity index (χ2v) is 6.74. The second-order valence-electron chi connectivity index (χ2n) is 5.79. The molecule has 0 amide bonds. The highest BCUT2D eigenvalue weighted by Crippen LogP contribution is 2.49. The summed E-state index contributed by atoms with van der Waals surface area (Å²) in [5.74, 6) is -0.396. The van der Waals surface area contributed by atoms with Crippen molar-refractivity contribution in [2.45, 2.75) is 31.7 Å². The van der Waals surface area contributed by atoms with Crippen molar-refractivity contribution in [3.05, 3.63) is 28.8 Å². The standard InChI is InChI=1S/C15H16N2O2S/c18-15(19)10-3-1-2-9(6-10)13-14-11(4-5-20-14)12-7-16-8-17(12)13/h4-5,7-10,13H,1-3,6H2,(H,18,19). The molecule has 0 bridgehead atoms. The molecular formula is C15H16N2O2S. The summed E-state index contributed by atoms with van der Waals surface area (Å²) in [4.78, 5) is 16.9. The summed E-state index contributed by atoms with van der Waals surface area (Å²) in [5, 5.41) is 11.4. The number of carboxylic acids is 1. The second kappa shape index (κ2) is 4.45. The van der Waals surface area contributed by atoms with Gasteiger partial charge in [0.2, 0.25) is 0 Å². The molecule has 1 saturated carbocycles. The third kappa shape index (κ3) is 1.66. The maximum atomic E-state index is 11.3. The van der Waals surface area contributed by atoms with Gasteiger partial charge in [-0.05, 0) is 36.6 Å². The maximum Gasteiger partial charge on any atom is 0.306 e. The molecule has 2 aromatic heterocycles. The molecular weight excluding hydrogens is 272 g/mol. The van der Waals surface area contributed by atoms with Gasteiger partial charge in [-0.2, -0.15) is 0 Å². The summed E-state index contributed by atoms with van der Waals surface area (Å²) < 4.78 is 2.25. The molecule has 4 nitrogen and oxygen atoms in total. The molecule has 2 aromatic rings. The minimum atomic E-state index is -0.634. The van der Waals surface area contributed by atoms with Crippen molar-refractivity contribution in [2.24, 2.45) is 11.8 Å². The summed E-state index contributed by atoms with van der Waals surface area (Å²) in [5.41, 5.74) is 2.47. The number of nitrogens with zero attached hydrogens (tertiary/aromatic N) is 2. The van der Waals surface area contributed by atoms with Crippen LogP contribution in [0.25, 0.3) is 11.3 Å². The van der Waals surface area contributed by atoms with Crippen molar-refractivity contribution in [3.8, 4) is 11.3 Å². The van der Waals surface area contributed by atoms with Gasteiger partial charge in [0.05, 0.1) is 30.2 Å². The van der Waals surface area contributed by atoms with E-state index < -0.39 is 5.97 Å². The fourth-order valence-electron chi connectivity index (χ4n) is 3.80. The molecule has 5 heteroatoms. The minimum Gasteiger partial charge on any atom is -0.481 e. The van der Waals surface area contributed by atoms with Gasteiger partial charge in [-0.1, -0.05) is 6.42 Å². The lowest BCUT2D eigenvalue weighted by molar-refractivity contribution is -0.143. The monoisotopic (exact) mass is 288 g/mol. The highest BCUT2D eigenvalue weighted by molar-refractivity contribution is 7.10. The zero-order valence-electron chi connectivity index (χ0n) is 11.0. The van der Waals surface area contributed by atoms with E-state index in [2.05, 4.69) is 21.0 Å². The minimum absolute atomic E-state index is 0.176. The maximum absolute atomic E-state index is 11.3. The lowest BCUT2D eigenvalue weighted by Gasteiger charge is -2.31. The van der Waals surface area contributed by atoms with Crippen molar-refractivity contribution < 1.29 is 9.90 Å². The fourth-order valence-corrected chi connectivity index (χ4v) is 4.90. The first-order valence-corrected chi connectivity index (χ1v) is 7.96. The van der Waals surface area contributed by atoms with E-state index in [1.54, 1.807) is 11.3 Å². The van der Waals surface area contributed by atoms with Gasteiger partial charge in [0, 0.05) is 10.4 Å². The molecule has 1 N–H and O–H groups in total. The van der Waals surface area contributed by atoms with Crippen LogP contribution in [0.15, 0.2) is 24.0 Å². The van der Waals surface area contributed by atoms with Gasteiger partial charge in [0.15, 0.2) is 0 Å². The van der Waals surface area contributed by atoms with Crippen LogP contribution in [0.3, 0.4) is 0 Å². The van der Waals surface area contributed by atoms with E-state index in [1.165, 1.54) is 16.1 Å². The van der Waals surface area contributed by atoms with Crippen LogP contribution in [0.2, 0.25) is 0 Å². The quantitative estimate of drug-likeness (QED) is 0.921. The van der Waals surface area contributed by atoms with Gasteiger partial charge in [-0.25, -0.2) is 4.98 Å². The average Bonchev–Trinajstić information content (AvgIpc) is 3.10. The molecule has 0 spiro atoms. The molecule has 20 heavy (non-hydrogen) atoms. The molecule has 4 rings (SSSR count). The summed E-state index contributed by atoms with van der Waals surface area (Å²) in [6, 6.07) is 2.45. The topological polar surface area (TPSA) is 55.1 Å². The van der Waals surface area contributed by atoms with E-state index in [4.69, 9.17) is 0 Å². The third-order valence-electron chi connectivity index (χ3n) is 4.72. The zero-order chi connectivity index (χ0) is 13.7. The van der Waals surface area contributed by atoms with Crippen molar-refractivity contribution in [2.75, 3.05) is 0 Å². The van der Waals surface area contributed by atoms with Crippen LogP contribution in [-0.4, -0.2) is 20.6 Å². The third-order valence-corrected chi connectivity index (χ3v) is 5.70. The van der Waals surface area contributed by atoms with Crippen LogP contribution >= 0.6 is 11.3 Å². The molecule has 0 aromatic carbocycles. The largest absolute Gasteiger partial charge is 0.481 e. The van der Waals surface area contributed by atoms with E-state index in [0.717, 1.165) is 25.7 Å². The van der Waals surface area contributed by atoms with Gasteiger partial charge >= 0.3 is 5.97 Å². The smallest absolute Gasteiger partial charge is 0.306 e. The first-order chi connectivity index (χ1) is 9.75. The van der Waals surface area contributed by atoms with Crippen LogP contribution in [0.5, 0.6) is 0 Å². The molecule has 3 atom stereocenters. The van der Waals surface area contributed by atoms with Crippen LogP contribution < -0.4 is 0 Å². The van der Waals surface area contributed by atoms with E-state index >= 15 is 0 Å². The molecule has 1 aliphatic carbocycles. The molecule has 1 aliphatic heterocycles. The highest BCUT2D eigenvalue weighted by atomic mass is 32.1. The Kier molecular flexibility index (Phi) is 2.70. The number of rotatable bonds is 2. The zero-order valence-corrected chi connectivity index (χ0v) is 11.8. The molecule has 3 heterocycles. The summed E-state index contributed by atoms with van der Waals surface area (Å²) in [6.45, 7) is 0. The first-order valence-electron chi connectivity index (χ1n) is 7.08. The number of carboxylic acid groups (broad SMARTS) is 1. The van der Waals surface area contributed by atoms with E-state index in [9.17, 15) is 9.90 Å². The van der Waals surface area contributed by atoms with E-state index in [-0.39, 0.29) is 5.92 Å². The van der Waals surface area contributed by atoms with Gasteiger partial charge in [0.25, 0.3) is 0 Å². The number of fused-ring (bicyclic) bond motifs is 3. The normalized spacial score (nSPS) is 28.1. The van der Waals surface area contributed by atoms with E-state index in [1.807, 2.05) is 12.5 Å². The Morgan fingerprint density at radius 3 is 3.20 bits per heavy atom. The van der Waals surface area contributed by atoms with Gasteiger partial charge in [-0.3, -0.25) is 4.79 Å². The predicted octanol–water partition coefficient (Wildman–Crippen LogP) is 3.41. The highest BCUT2D eigenvalue weighted by Gasteiger charge is 2.39. The Labute approximate surface area is 121 Å². The first kappa shape index (κ1) is 12.1. The number of aliphatic carboxylic acids is 1. The Morgan fingerprint density at radius 2 is 2.35 bits per heavy atom. The Hall–Kier alpha value is -1.62. The molecule has 1 fully saturated rings. The molecule has 0 saturated heterocycles. The molecule has 0 radical (unpaired) electrons. The van der Waals surface area contributed by atoms with Crippen molar-refractivity contribution >= 4 is 17.3 Å². The van der Waals surface area contributed by atoms with Crippen molar-refractivity contribution in [1.82, 2.24) is 9.55 Å². The number of thiophene rings is 1. The lowest BCUT2D eigenvalue weighted by Crippen LogP contribution is -2.27. The van der Waals surface area contributed by atoms with Crippen molar-refractivity contribution in [3.63, 3.8) is 0 Å². The predicted molar refractivity (Wildman–Crippen MR) is 76.8 cm³/mol.